The van der Waals surface area contributed by atoms with Crippen LogP contribution >= 0.6 is 0 Å². The molecular formula is C12H16N2O2. The Kier molecular flexibility index (Phi) is 3.08. The van der Waals surface area contributed by atoms with E-state index < -0.39 is 0 Å². The third-order valence-electron chi connectivity index (χ3n) is 3.07. The van der Waals surface area contributed by atoms with Crippen LogP contribution in [0.1, 0.15) is 36.5 Å². The zero-order valence-electron chi connectivity index (χ0n) is 9.32. The van der Waals surface area contributed by atoms with Gasteiger partial charge in [0.05, 0.1) is 0 Å². The first kappa shape index (κ1) is 10.9. The van der Waals surface area contributed by atoms with Gasteiger partial charge in [0.25, 0.3) is 5.91 Å². The molecule has 1 aromatic rings. The number of H-pyrrole nitrogens is 1. The molecular weight excluding hydrogens is 204 g/mol. The van der Waals surface area contributed by atoms with Crippen LogP contribution in [0.2, 0.25) is 0 Å². The monoisotopic (exact) mass is 220 g/mol. The second kappa shape index (κ2) is 4.51. The molecule has 1 aliphatic carbocycles. The first-order valence-corrected chi connectivity index (χ1v) is 5.65. The van der Waals surface area contributed by atoms with Crippen LogP contribution in [0.3, 0.4) is 0 Å². The Morgan fingerprint density at radius 2 is 2.31 bits per heavy atom. The molecule has 0 aromatic carbocycles. The first-order valence-electron chi connectivity index (χ1n) is 5.65. The van der Waals surface area contributed by atoms with Crippen molar-refractivity contribution < 1.29 is 4.79 Å². The summed E-state index contributed by atoms with van der Waals surface area (Å²) in [6, 6.07) is 3.21. The zero-order chi connectivity index (χ0) is 11.5. The number of pyridine rings is 1. The number of amides is 1. The van der Waals surface area contributed by atoms with Gasteiger partial charge in [-0.25, -0.2) is 0 Å². The Morgan fingerprint density at radius 1 is 1.50 bits per heavy atom. The number of hydrogen-bond acceptors (Lipinski definition) is 2. The van der Waals surface area contributed by atoms with E-state index in [1.54, 1.807) is 6.07 Å². The fraction of sp³-hybridized carbons (Fsp3) is 0.500. The Labute approximate surface area is 94.1 Å². The molecule has 1 saturated carbocycles. The molecule has 1 heterocycles. The van der Waals surface area contributed by atoms with Crippen molar-refractivity contribution in [1.82, 2.24) is 10.3 Å². The lowest BCUT2D eigenvalue weighted by Crippen LogP contribution is -2.33. The Morgan fingerprint density at radius 3 is 2.94 bits per heavy atom. The highest BCUT2D eigenvalue weighted by atomic mass is 16.2. The van der Waals surface area contributed by atoms with Gasteiger partial charge in [-0.1, -0.05) is 6.92 Å². The second-order valence-electron chi connectivity index (χ2n) is 4.53. The molecule has 0 aliphatic heterocycles. The van der Waals surface area contributed by atoms with E-state index in [-0.39, 0.29) is 17.5 Å². The highest BCUT2D eigenvalue weighted by Crippen LogP contribution is 2.24. The number of aromatic nitrogens is 1. The maximum Gasteiger partial charge on any atom is 0.251 e. The van der Waals surface area contributed by atoms with Crippen LogP contribution in [0.15, 0.2) is 23.1 Å². The molecule has 2 rings (SSSR count). The number of aromatic amines is 1. The van der Waals surface area contributed by atoms with Crippen molar-refractivity contribution in [3.63, 3.8) is 0 Å². The minimum atomic E-state index is -0.243. The normalized spacial score (nSPS) is 24.3. The van der Waals surface area contributed by atoms with Gasteiger partial charge in [0.1, 0.15) is 0 Å². The molecule has 2 atom stereocenters. The van der Waals surface area contributed by atoms with Crippen LogP contribution < -0.4 is 10.9 Å². The molecule has 1 aliphatic rings. The minimum absolute atomic E-state index is 0.148. The molecule has 0 saturated heterocycles. The molecule has 1 aromatic heterocycles. The Bertz CT molecular complexity index is 439. The van der Waals surface area contributed by atoms with Gasteiger partial charge in [-0.3, -0.25) is 9.59 Å². The maximum absolute atomic E-state index is 11.8. The molecule has 1 fully saturated rings. The predicted octanol–water partition coefficient (Wildman–Crippen LogP) is 1.29. The van der Waals surface area contributed by atoms with Gasteiger partial charge >= 0.3 is 0 Å². The van der Waals surface area contributed by atoms with Crippen LogP contribution in [0, 0.1) is 5.92 Å². The molecule has 4 heteroatoms. The maximum atomic E-state index is 11.8. The van der Waals surface area contributed by atoms with Gasteiger partial charge in [-0.05, 0) is 31.2 Å². The fourth-order valence-electron chi connectivity index (χ4n) is 2.19. The summed E-state index contributed by atoms with van der Waals surface area (Å²) in [4.78, 5) is 25.3. The van der Waals surface area contributed by atoms with Crippen molar-refractivity contribution in [2.75, 3.05) is 0 Å². The lowest BCUT2D eigenvalue weighted by molar-refractivity contribution is 0.0937. The van der Waals surface area contributed by atoms with Crippen molar-refractivity contribution in [2.45, 2.75) is 32.2 Å². The molecule has 2 N–H and O–H groups in total. The summed E-state index contributed by atoms with van der Waals surface area (Å²) >= 11 is 0. The van der Waals surface area contributed by atoms with Crippen LogP contribution in [0.4, 0.5) is 0 Å². The summed E-state index contributed by atoms with van der Waals surface area (Å²) in [5.74, 6) is 0.537. The number of hydrogen-bond donors (Lipinski definition) is 2. The molecule has 4 nitrogen and oxygen atoms in total. The second-order valence-corrected chi connectivity index (χ2v) is 4.53. The quantitative estimate of drug-likeness (QED) is 0.789. The molecule has 1 amide bonds. The molecule has 16 heavy (non-hydrogen) atoms. The van der Waals surface area contributed by atoms with Crippen molar-refractivity contribution >= 4 is 5.91 Å². The molecule has 0 spiro atoms. The van der Waals surface area contributed by atoms with Crippen LogP contribution in [-0.2, 0) is 0 Å². The van der Waals surface area contributed by atoms with Crippen molar-refractivity contribution in [2.24, 2.45) is 5.92 Å². The fourth-order valence-corrected chi connectivity index (χ4v) is 2.19. The predicted molar refractivity (Wildman–Crippen MR) is 61.3 cm³/mol. The lowest BCUT2D eigenvalue weighted by atomic mass is 10.1. The molecule has 2 unspecified atom stereocenters. The van der Waals surface area contributed by atoms with Gasteiger partial charge in [0, 0.05) is 23.9 Å². The molecule has 0 radical (unpaired) electrons. The number of nitrogens with one attached hydrogen (secondary N) is 2. The van der Waals surface area contributed by atoms with Crippen LogP contribution in [0.5, 0.6) is 0 Å². The molecule has 86 valence electrons. The SMILES string of the molecule is CC1CCC(NC(=O)c2cc[nH]c(=O)c2)C1. The number of carbonyl (C=O) groups is 1. The van der Waals surface area contributed by atoms with Gasteiger partial charge in [-0.15, -0.1) is 0 Å². The third kappa shape index (κ3) is 2.51. The van der Waals surface area contributed by atoms with Crippen molar-refractivity contribution in [3.05, 3.63) is 34.2 Å². The first-order chi connectivity index (χ1) is 7.65. The summed E-state index contributed by atoms with van der Waals surface area (Å²) in [7, 11) is 0. The van der Waals surface area contributed by atoms with E-state index in [4.69, 9.17) is 0 Å². The van der Waals surface area contributed by atoms with Gasteiger partial charge in [0.15, 0.2) is 0 Å². The minimum Gasteiger partial charge on any atom is -0.349 e. The van der Waals surface area contributed by atoms with E-state index in [9.17, 15) is 9.59 Å². The van der Waals surface area contributed by atoms with Gasteiger partial charge in [0.2, 0.25) is 5.56 Å². The summed E-state index contributed by atoms with van der Waals surface area (Å²) in [6.45, 7) is 2.19. The zero-order valence-corrected chi connectivity index (χ0v) is 9.32. The lowest BCUT2D eigenvalue weighted by Gasteiger charge is -2.11. The summed E-state index contributed by atoms with van der Waals surface area (Å²) < 4.78 is 0. The topological polar surface area (TPSA) is 62.0 Å². The highest BCUT2D eigenvalue weighted by molar-refractivity contribution is 5.94. The van der Waals surface area contributed by atoms with E-state index in [0.717, 1.165) is 12.8 Å². The van der Waals surface area contributed by atoms with E-state index >= 15 is 0 Å². The number of carbonyl (C=O) groups excluding carboxylic acids is 1. The van der Waals surface area contributed by atoms with Crippen molar-refractivity contribution in [3.8, 4) is 0 Å². The average Bonchev–Trinajstić information content (AvgIpc) is 2.64. The van der Waals surface area contributed by atoms with E-state index in [0.29, 0.717) is 11.5 Å². The van der Waals surface area contributed by atoms with Crippen molar-refractivity contribution in [1.29, 1.82) is 0 Å². The van der Waals surface area contributed by atoms with Gasteiger partial charge < -0.3 is 10.3 Å². The third-order valence-corrected chi connectivity index (χ3v) is 3.07. The van der Waals surface area contributed by atoms with E-state index in [1.807, 2.05) is 0 Å². The number of rotatable bonds is 2. The van der Waals surface area contributed by atoms with Gasteiger partial charge in [-0.2, -0.15) is 0 Å². The highest BCUT2D eigenvalue weighted by Gasteiger charge is 2.22. The Hall–Kier alpha value is -1.58. The Balaban J connectivity index is 2.01. The van der Waals surface area contributed by atoms with Crippen LogP contribution in [0.25, 0.3) is 0 Å². The standard InChI is InChI=1S/C12H16N2O2/c1-8-2-3-10(6-8)14-12(16)9-4-5-13-11(15)7-9/h4-5,7-8,10H,2-3,6H2,1H3,(H,13,15)(H,14,16). The van der Waals surface area contributed by atoms with E-state index in [2.05, 4.69) is 17.2 Å². The summed E-state index contributed by atoms with van der Waals surface area (Å²) in [6.07, 6.45) is 4.74. The van der Waals surface area contributed by atoms with Crippen LogP contribution in [-0.4, -0.2) is 16.9 Å². The molecule has 0 bridgehead atoms. The summed E-state index contributed by atoms with van der Waals surface area (Å²) in [5.41, 5.74) is 0.191. The largest absolute Gasteiger partial charge is 0.349 e. The smallest absolute Gasteiger partial charge is 0.251 e. The summed E-state index contributed by atoms with van der Waals surface area (Å²) in [5, 5.41) is 2.96. The average molecular weight is 220 g/mol. The van der Waals surface area contributed by atoms with E-state index in [1.165, 1.54) is 18.7 Å².